The molecule has 0 amide bonds. The van der Waals surface area contributed by atoms with Crippen LogP contribution in [-0.4, -0.2) is 27.7 Å². The molecule has 8 heteroatoms. The Kier molecular flexibility index (Phi) is 3.31. The fourth-order valence-electron chi connectivity index (χ4n) is 0.937. The molecule has 88 valence electrons. The standard InChI is InChI=1S/C8H7F3N2O3/c1-2-16-7-12-3-4(6(14)15)5(13-7)8(9,10)11/h3H,2H2,1H3,(H,14,15). The predicted octanol–water partition coefficient (Wildman–Crippen LogP) is 1.59. The van der Waals surface area contributed by atoms with E-state index in [1.165, 1.54) is 0 Å². The average Bonchev–Trinajstić information content (AvgIpc) is 2.16. The molecule has 1 rings (SSSR count). The van der Waals surface area contributed by atoms with Crippen molar-refractivity contribution in [2.45, 2.75) is 13.1 Å². The van der Waals surface area contributed by atoms with Crippen LogP contribution in [0.5, 0.6) is 6.01 Å². The summed E-state index contributed by atoms with van der Waals surface area (Å²) in [6.07, 6.45) is -4.29. The van der Waals surface area contributed by atoms with Crippen molar-refractivity contribution in [3.05, 3.63) is 17.5 Å². The Morgan fingerprint density at radius 2 is 2.19 bits per heavy atom. The Bertz CT molecular complexity index is 406. The molecule has 0 aromatic carbocycles. The zero-order valence-electron chi connectivity index (χ0n) is 8.08. The van der Waals surface area contributed by atoms with E-state index >= 15 is 0 Å². The van der Waals surface area contributed by atoms with Crippen LogP contribution in [-0.2, 0) is 6.18 Å². The number of carboxylic acid groups (broad SMARTS) is 1. The number of carbonyl (C=O) groups is 1. The van der Waals surface area contributed by atoms with Gasteiger partial charge in [0.25, 0.3) is 0 Å². The number of carboxylic acids is 1. The van der Waals surface area contributed by atoms with Crippen LogP contribution >= 0.6 is 0 Å². The molecule has 0 aliphatic carbocycles. The van der Waals surface area contributed by atoms with E-state index in [9.17, 15) is 18.0 Å². The van der Waals surface area contributed by atoms with Crippen LogP contribution in [0, 0.1) is 0 Å². The molecule has 0 saturated carbocycles. The Labute approximate surface area is 87.9 Å². The molecule has 0 aliphatic heterocycles. The monoisotopic (exact) mass is 236 g/mol. The van der Waals surface area contributed by atoms with Crippen molar-refractivity contribution in [3.8, 4) is 6.01 Å². The number of aromatic nitrogens is 2. The number of hydrogen-bond donors (Lipinski definition) is 1. The summed E-state index contributed by atoms with van der Waals surface area (Å²) < 4.78 is 41.9. The van der Waals surface area contributed by atoms with E-state index in [1.54, 1.807) is 6.92 Å². The van der Waals surface area contributed by atoms with Gasteiger partial charge in [0.05, 0.1) is 6.61 Å². The zero-order chi connectivity index (χ0) is 12.3. The first-order valence-electron chi connectivity index (χ1n) is 4.16. The van der Waals surface area contributed by atoms with Crippen LogP contribution in [0.15, 0.2) is 6.20 Å². The van der Waals surface area contributed by atoms with Gasteiger partial charge in [-0.1, -0.05) is 0 Å². The topological polar surface area (TPSA) is 72.3 Å². The molecule has 0 bridgehead atoms. The summed E-state index contributed by atoms with van der Waals surface area (Å²) in [6, 6.07) is -0.500. The van der Waals surface area contributed by atoms with E-state index in [1.807, 2.05) is 0 Å². The second-order valence-electron chi connectivity index (χ2n) is 2.65. The highest BCUT2D eigenvalue weighted by atomic mass is 19.4. The maximum Gasteiger partial charge on any atom is 0.434 e. The third-order valence-electron chi connectivity index (χ3n) is 1.54. The number of aromatic carboxylic acids is 1. The van der Waals surface area contributed by atoms with Crippen molar-refractivity contribution < 1.29 is 27.8 Å². The van der Waals surface area contributed by atoms with Gasteiger partial charge in [0, 0.05) is 6.20 Å². The molecule has 16 heavy (non-hydrogen) atoms. The van der Waals surface area contributed by atoms with Crippen LogP contribution in [0.1, 0.15) is 23.0 Å². The molecule has 5 nitrogen and oxygen atoms in total. The average molecular weight is 236 g/mol. The molecule has 1 aromatic heterocycles. The lowest BCUT2D eigenvalue weighted by molar-refractivity contribution is -0.142. The van der Waals surface area contributed by atoms with Gasteiger partial charge in [0.1, 0.15) is 5.56 Å². The lowest BCUT2D eigenvalue weighted by atomic mass is 10.2. The second-order valence-corrected chi connectivity index (χ2v) is 2.65. The van der Waals surface area contributed by atoms with Crippen LogP contribution in [0.2, 0.25) is 0 Å². The smallest absolute Gasteiger partial charge is 0.434 e. The van der Waals surface area contributed by atoms with Crippen molar-refractivity contribution in [1.82, 2.24) is 9.97 Å². The molecular formula is C8H7F3N2O3. The summed E-state index contributed by atoms with van der Waals surface area (Å²) in [5, 5.41) is 8.53. The summed E-state index contributed by atoms with van der Waals surface area (Å²) in [5.41, 5.74) is -2.52. The molecule has 0 aliphatic rings. The normalized spacial score (nSPS) is 11.2. The fraction of sp³-hybridized carbons (Fsp3) is 0.375. The van der Waals surface area contributed by atoms with Gasteiger partial charge in [-0.2, -0.15) is 18.2 Å². The third kappa shape index (κ3) is 2.59. The summed E-state index contributed by atoms with van der Waals surface area (Å²) >= 11 is 0. The molecule has 0 spiro atoms. The highest BCUT2D eigenvalue weighted by Crippen LogP contribution is 2.31. The molecule has 0 atom stereocenters. The van der Waals surface area contributed by atoms with E-state index in [0.717, 1.165) is 0 Å². The first-order chi connectivity index (χ1) is 7.36. The molecule has 0 saturated heterocycles. The SMILES string of the molecule is CCOc1ncc(C(=O)O)c(C(F)(F)F)n1. The minimum absolute atomic E-state index is 0.0870. The number of ether oxygens (including phenoxy) is 1. The Hall–Kier alpha value is -1.86. The largest absolute Gasteiger partial charge is 0.478 e. The van der Waals surface area contributed by atoms with Gasteiger partial charge in [-0.25, -0.2) is 9.78 Å². The van der Waals surface area contributed by atoms with E-state index in [2.05, 4.69) is 14.7 Å². The highest BCUT2D eigenvalue weighted by molar-refractivity contribution is 5.88. The van der Waals surface area contributed by atoms with Gasteiger partial charge in [0.15, 0.2) is 5.69 Å². The molecule has 0 unspecified atom stereocenters. The molecule has 1 aromatic rings. The van der Waals surface area contributed by atoms with Gasteiger partial charge in [-0.3, -0.25) is 0 Å². The van der Waals surface area contributed by atoms with Crippen LogP contribution in [0.4, 0.5) is 13.2 Å². The van der Waals surface area contributed by atoms with Crippen molar-refractivity contribution in [2.24, 2.45) is 0 Å². The Morgan fingerprint density at radius 1 is 1.56 bits per heavy atom. The first-order valence-corrected chi connectivity index (χ1v) is 4.16. The highest BCUT2D eigenvalue weighted by Gasteiger charge is 2.38. The molecule has 0 radical (unpaired) electrons. The Balaban J connectivity index is 3.27. The fourth-order valence-corrected chi connectivity index (χ4v) is 0.937. The van der Waals surface area contributed by atoms with Gasteiger partial charge in [-0.15, -0.1) is 0 Å². The number of halogens is 3. The number of nitrogens with zero attached hydrogens (tertiary/aromatic N) is 2. The van der Waals surface area contributed by atoms with E-state index in [0.29, 0.717) is 6.20 Å². The molecule has 0 fully saturated rings. The maximum atomic E-state index is 12.4. The maximum absolute atomic E-state index is 12.4. The molecule has 1 N–H and O–H groups in total. The van der Waals surface area contributed by atoms with Gasteiger partial charge >= 0.3 is 18.2 Å². The Morgan fingerprint density at radius 3 is 2.62 bits per heavy atom. The number of hydrogen-bond acceptors (Lipinski definition) is 4. The van der Waals surface area contributed by atoms with E-state index in [-0.39, 0.29) is 6.61 Å². The van der Waals surface area contributed by atoms with Gasteiger partial charge in [-0.05, 0) is 6.92 Å². The van der Waals surface area contributed by atoms with E-state index in [4.69, 9.17) is 5.11 Å². The van der Waals surface area contributed by atoms with Crippen LogP contribution in [0.25, 0.3) is 0 Å². The lowest BCUT2D eigenvalue weighted by Gasteiger charge is -2.09. The van der Waals surface area contributed by atoms with Crippen LogP contribution in [0.3, 0.4) is 0 Å². The summed E-state index contributed by atoms with van der Waals surface area (Å²) in [4.78, 5) is 16.9. The number of rotatable bonds is 3. The zero-order valence-corrected chi connectivity index (χ0v) is 8.08. The van der Waals surface area contributed by atoms with Gasteiger partial charge < -0.3 is 9.84 Å². The first kappa shape index (κ1) is 12.2. The summed E-state index contributed by atoms with van der Waals surface area (Å²) in [5.74, 6) is -1.74. The third-order valence-corrected chi connectivity index (χ3v) is 1.54. The van der Waals surface area contributed by atoms with E-state index < -0.39 is 29.4 Å². The molecular weight excluding hydrogens is 229 g/mol. The van der Waals surface area contributed by atoms with Crippen molar-refractivity contribution in [3.63, 3.8) is 0 Å². The lowest BCUT2D eigenvalue weighted by Crippen LogP contribution is -2.17. The second kappa shape index (κ2) is 4.33. The van der Waals surface area contributed by atoms with Gasteiger partial charge in [0.2, 0.25) is 0 Å². The minimum atomic E-state index is -4.86. The van der Waals surface area contributed by atoms with Crippen LogP contribution < -0.4 is 4.74 Å². The van der Waals surface area contributed by atoms with Crippen molar-refractivity contribution >= 4 is 5.97 Å². The predicted molar refractivity (Wildman–Crippen MR) is 45.2 cm³/mol. The summed E-state index contributed by atoms with van der Waals surface area (Å²) in [7, 11) is 0. The van der Waals surface area contributed by atoms with Crippen molar-refractivity contribution in [1.29, 1.82) is 0 Å². The number of alkyl halides is 3. The minimum Gasteiger partial charge on any atom is -0.478 e. The summed E-state index contributed by atoms with van der Waals surface area (Å²) in [6.45, 7) is 1.63. The quantitative estimate of drug-likeness (QED) is 0.862. The molecule has 1 heterocycles. The van der Waals surface area contributed by atoms with Crippen molar-refractivity contribution in [2.75, 3.05) is 6.61 Å².